The lowest BCUT2D eigenvalue weighted by atomic mass is 10.0. The highest BCUT2D eigenvalue weighted by molar-refractivity contribution is 5.65. The smallest absolute Gasteiger partial charge is 0.405 e. The van der Waals surface area contributed by atoms with E-state index >= 15 is 0 Å². The van der Waals surface area contributed by atoms with Crippen LogP contribution in [-0.4, -0.2) is 11.7 Å². The normalized spacial score (nSPS) is 18.0. The summed E-state index contributed by atoms with van der Waals surface area (Å²) in [6.45, 7) is 3.80. The van der Waals surface area contributed by atoms with Crippen molar-refractivity contribution in [3.05, 3.63) is 0 Å². The number of hydrogen-bond acceptors (Lipinski definition) is 2. The predicted octanol–water partition coefficient (Wildman–Crippen LogP) is 1.66. The zero-order chi connectivity index (χ0) is 8.48. The molecule has 1 saturated carbocycles. The summed E-state index contributed by atoms with van der Waals surface area (Å²) in [7, 11) is 0. The van der Waals surface area contributed by atoms with Gasteiger partial charge in [0.1, 0.15) is 5.60 Å². The summed E-state index contributed by atoms with van der Waals surface area (Å²) >= 11 is 0. The van der Waals surface area contributed by atoms with Crippen molar-refractivity contribution >= 4 is 6.09 Å². The summed E-state index contributed by atoms with van der Waals surface area (Å²) in [5.74, 6) is 0.754. The number of rotatable bonds is 3. The molecule has 1 rings (SSSR count). The minimum absolute atomic E-state index is 0.368. The molecule has 0 aromatic carbocycles. The van der Waals surface area contributed by atoms with Crippen molar-refractivity contribution in [1.29, 1.82) is 0 Å². The quantitative estimate of drug-likeness (QED) is 0.677. The number of hydrogen-bond donors (Lipinski definition) is 1. The van der Waals surface area contributed by atoms with Crippen LogP contribution < -0.4 is 5.73 Å². The lowest BCUT2D eigenvalue weighted by Gasteiger charge is -2.23. The summed E-state index contributed by atoms with van der Waals surface area (Å²) in [5.41, 5.74) is 4.55. The van der Waals surface area contributed by atoms with Gasteiger partial charge in [-0.1, -0.05) is 12.8 Å². The molecule has 64 valence electrons. The summed E-state index contributed by atoms with van der Waals surface area (Å²) in [4.78, 5) is 10.4. The molecule has 0 unspecified atom stereocenters. The number of carbonyl (C=O) groups is 1. The molecule has 0 saturated heterocycles. The van der Waals surface area contributed by atoms with Crippen molar-refractivity contribution in [1.82, 2.24) is 0 Å². The molecule has 0 spiro atoms. The Morgan fingerprint density at radius 1 is 1.64 bits per heavy atom. The molecule has 0 aromatic heterocycles. The van der Waals surface area contributed by atoms with E-state index in [0.717, 1.165) is 12.3 Å². The maximum atomic E-state index is 10.4. The summed E-state index contributed by atoms with van der Waals surface area (Å²) in [5, 5.41) is 0. The largest absolute Gasteiger partial charge is 0.444 e. The minimum atomic E-state index is -0.671. The summed E-state index contributed by atoms with van der Waals surface area (Å²) < 4.78 is 4.93. The number of nitrogens with two attached hydrogens (primary N) is 1. The molecule has 0 bridgehead atoms. The van der Waals surface area contributed by atoms with Crippen molar-refractivity contribution in [2.24, 2.45) is 11.7 Å². The Balaban J connectivity index is 2.30. The Hall–Kier alpha value is -0.730. The highest BCUT2D eigenvalue weighted by Crippen LogP contribution is 2.37. The van der Waals surface area contributed by atoms with Gasteiger partial charge in [0.25, 0.3) is 0 Å². The highest BCUT2D eigenvalue weighted by Gasteiger charge is 2.32. The third-order valence-corrected chi connectivity index (χ3v) is 1.85. The van der Waals surface area contributed by atoms with Gasteiger partial charge in [-0.05, 0) is 26.2 Å². The van der Waals surface area contributed by atoms with Crippen molar-refractivity contribution in [3.8, 4) is 0 Å². The Labute approximate surface area is 66.9 Å². The zero-order valence-electron chi connectivity index (χ0n) is 7.09. The first-order chi connectivity index (χ1) is 4.99. The molecule has 3 nitrogen and oxygen atoms in total. The first-order valence-electron chi connectivity index (χ1n) is 3.98. The van der Waals surface area contributed by atoms with Crippen LogP contribution in [0.5, 0.6) is 0 Å². The van der Waals surface area contributed by atoms with Crippen LogP contribution in [0.4, 0.5) is 4.79 Å². The van der Waals surface area contributed by atoms with E-state index in [1.54, 1.807) is 0 Å². The third-order valence-electron chi connectivity index (χ3n) is 1.85. The standard InChI is InChI=1S/C8H15NO2/c1-8(2,11-7(9)10)5-6-3-4-6/h6H,3-5H2,1-2H3,(H2,9,10). The Morgan fingerprint density at radius 3 is 2.55 bits per heavy atom. The van der Waals surface area contributed by atoms with Crippen LogP contribution >= 0.6 is 0 Å². The number of carbonyl (C=O) groups excluding carboxylic acids is 1. The van der Waals surface area contributed by atoms with Gasteiger partial charge in [0.15, 0.2) is 0 Å². The Bertz CT molecular complexity index is 161. The van der Waals surface area contributed by atoms with E-state index in [1.807, 2.05) is 13.8 Å². The lowest BCUT2D eigenvalue weighted by molar-refractivity contribution is 0.0350. The van der Waals surface area contributed by atoms with Crippen LogP contribution in [0, 0.1) is 5.92 Å². The monoisotopic (exact) mass is 157 g/mol. The molecule has 1 amide bonds. The van der Waals surface area contributed by atoms with Crippen LogP contribution in [0.2, 0.25) is 0 Å². The average molecular weight is 157 g/mol. The Morgan fingerprint density at radius 2 is 2.18 bits per heavy atom. The molecular formula is C8H15NO2. The highest BCUT2D eigenvalue weighted by atomic mass is 16.6. The van der Waals surface area contributed by atoms with Crippen molar-refractivity contribution in [3.63, 3.8) is 0 Å². The van der Waals surface area contributed by atoms with Gasteiger partial charge < -0.3 is 10.5 Å². The number of ether oxygens (including phenoxy) is 1. The maximum Gasteiger partial charge on any atom is 0.405 e. The van der Waals surface area contributed by atoms with E-state index in [4.69, 9.17) is 10.5 Å². The van der Waals surface area contributed by atoms with Crippen molar-refractivity contribution < 1.29 is 9.53 Å². The van der Waals surface area contributed by atoms with E-state index in [1.165, 1.54) is 12.8 Å². The molecule has 0 aliphatic heterocycles. The fraction of sp³-hybridized carbons (Fsp3) is 0.875. The molecule has 3 heteroatoms. The van der Waals surface area contributed by atoms with E-state index in [2.05, 4.69) is 0 Å². The second kappa shape index (κ2) is 2.72. The molecule has 0 atom stereocenters. The van der Waals surface area contributed by atoms with Crippen molar-refractivity contribution in [2.45, 2.75) is 38.7 Å². The molecular weight excluding hydrogens is 142 g/mol. The van der Waals surface area contributed by atoms with Gasteiger partial charge in [0.05, 0.1) is 0 Å². The van der Waals surface area contributed by atoms with Crippen LogP contribution in [0.3, 0.4) is 0 Å². The second-order valence-electron chi connectivity index (χ2n) is 3.83. The van der Waals surface area contributed by atoms with Gasteiger partial charge in [-0.2, -0.15) is 0 Å². The fourth-order valence-electron chi connectivity index (χ4n) is 1.33. The molecule has 1 aliphatic carbocycles. The van der Waals surface area contributed by atoms with E-state index < -0.39 is 6.09 Å². The maximum absolute atomic E-state index is 10.4. The average Bonchev–Trinajstić information content (AvgIpc) is 2.43. The Kier molecular flexibility index (Phi) is 2.07. The molecule has 11 heavy (non-hydrogen) atoms. The van der Waals surface area contributed by atoms with Gasteiger partial charge in [0.2, 0.25) is 0 Å². The minimum Gasteiger partial charge on any atom is -0.444 e. The van der Waals surface area contributed by atoms with Crippen LogP contribution in [-0.2, 0) is 4.74 Å². The molecule has 0 heterocycles. The molecule has 0 radical (unpaired) electrons. The third kappa shape index (κ3) is 3.25. The lowest BCUT2D eigenvalue weighted by Crippen LogP contribution is -2.31. The van der Waals surface area contributed by atoms with Crippen LogP contribution in [0.1, 0.15) is 33.1 Å². The van der Waals surface area contributed by atoms with Crippen LogP contribution in [0.25, 0.3) is 0 Å². The first kappa shape index (κ1) is 8.37. The second-order valence-corrected chi connectivity index (χ2v) is 3.83. The van der Waals surface area contributed by atoms with E-state index in [0.29, 0.717) is 0 Å². The number of amides is 1. The van der Waals surface area contributed by atoms with Crippen molar-refractivity contribution in [2.75, 3.05) is 0 Å². The summed E-state index contributed by atoms with van der Waals surface area (Å²) in [6, 6.07) is 0. The molecule has 1 aliphatic rings. The van der Waals surface area contributed by atoms with Gasteiger partial charge in [0, 0.05) is 0 Å². The van der Waals surface area contributed by atoms with E-state index in [9.17, 15) is 4.79 Å². The molecule has 0 aromatic rings. The number of primary amides is 1. The SMILES string of the molecule is CC(C)(CC1CC1)OC(N)=O. The van der Waals surface area contributed by atoms with Gasteiger partial charge in [-0.15, -0.1) is 0 Å². The topological polar surface area (TPSA) is 52.3 Å². The molecule has 2 N–H and O–H groups in total. The van der Waals surface area contributed by atoms with Gasteiger partial charge in [-0.3, -0.25) is 0 Å². The fourth-order valence-corrected chi connectivity index (χ4v) is 1.33. The van der Waals surface area contributed by atoms with Crippen LogP contribution in [0.15, 0.2) is 0 Å². The predicted molar refractivity (Wildman–Crippen MR) is 42.1 cm³/mol. The van der Waals surface area contributed by atoms with E-state index in [-0.39, 0.29) is 5.60 Å². The summed E-state index contributed by atoms with van der Waals surface area (Å²) in [6.07, 6.45) is 2.81. The zero-order valence-corrected chi connectivity index (χ0v) is 7.09. The van der Waals surface area contributed by atoms with Gasteiger partial charge in [-0.25, -0.2) is 4.79 Å². The first-order valence-corrected chi connectivity index (χ1v) is 3.98. The molecule has 1 fully saturated rings. The van der Waals surface area contributed by atoms with Gasteiger partial charge >= 0.3 is 6.09 Å².